The number of benzene rings is 3. The van der Waals surface area contributed by atoms with Crippen molar-refractivity contribution in [2.24, 2.45) is 5.73 Å². The molecule has 0 saturated carbocycles. The normalized spacial score (nSPS) is 10.7. The van der Waals surface area contributed by atoms with Crippen molar-refractivity contribution in [3.8, 4) is 17.2 Å². The standard InChI is InChI=1S/C26H26N6/c1-18-4-11-22(12-5-18)30-26-31-24-16-21(20-8-6-19(17-28)7-9-20)10-13-23(24)25(32-26)29-15-3-2-14-27/h4-13,16H,2-3,14-15,27H2,1H3,(H2,29,30,31,32). The zero-order valence-electron chi connectivity index (χ0n) is 18.1. The third kappa shape index (κ3) is 5.02. The summed E-state index contributed by atoms with van der Waals surface area (Å²) in [5.74, 6) is 1.34. The van der Waals surface area contributed by atoms with E-state index in [1.807, 2.05) is 42.5 Å². The molecule has 32 heavy (non-hydrogen) atoms. The van der Waals surface area contributed by atoms with Gasteiger partial charge in [-0.2, -0.15) is 10.2 Å². The molecule has 0 spiro atoms. The number of aromatic nitrogens is 2. The summed E-state index contributed by atoms with van der Waals surface area (Å²) in [5.41, 5.74) is 11.3. The fourth-order valence-electron chi connectivity index (χ4n) is 3.48. The van der Waals surface area contributed by atoms with Gasteiger partial charge in [-0.25, -0.2) is 4.98 Å². The Morgan fingerprint density at radius 1 is 0.906 bits per heavy atom. The quantitative estimate of drug-likeness (QED) is 0.330. The van der Waals surface area contributed by atoms with Crippen LogP contribution in [-0.2, 0) is 0 Å². The van der Waals surface area contributed by atoms with E-state index in [-0.39, 0.29) is 0 Å². The lowest BCUT2D eigenvalue weighted by Gasteiger charge is -2.13. The van der Waals surface area contributed by atoms with E-state index in [0.717, 1.165) is 52.9 Å². The van der Waals surface area contributed by atoms with Crippen molar-refractivity contribution in [1.29, 1.82) is 5.26 Å². The Kier molecular flexibility index (Phi) is 6.59. The van der Waals surface area contributed by atoms with Gasteiger partial charge in [0.25, 0.3) is 0 Å². The first kappa shape index (κ1) is 21.3. The van der Waals surface area contributed by atoms with Crippen LogP contribution in [0.25, 0.3) is 22.0 Å². The first-order valence-corrected chi connectivity index (χ1v) is 10.8. The number of nitrogens with one attached hydrogen (secondary N) is 2. The van der Waals surface area contributed by atoms with Crippen LogP contribution in [0.4, 0.5) is 17.5 Å². The molecular formula is C26H26N6. The molecular weight excluding hydrogens is 396 g/mol. The summed E-state index contributed by atoms with van der Waals surface area (Å²) in [7, 11) is 0. The zero-order chi connectivity index (χ0) is 22.3. The number of rotatable bonds is 8. The van der Waals surface area contributed by atoms with Gasteiger partial charge in [-0.1, -0.05) is 35.9 Å². The van der Waals surface area contributed by atoms with Crippen molar-refractivity contribution in [3.63, 3.8) is 0 Å². The molecule has 160 valence electrons. The Labute approximate surface area is 188 Å². The predicted octanol–water partition coefficient (Wildman–Crippen LogP) is 5.37. The molecule has 6 heteroatoms. The first-order chi connectivity index (χ1) is 15.7. The number of aryl methyl sites for hydroxylation is 1. The van der Waals surface area contributed by atoms with E-state index in [0.29, 0.717) is 18.1 Å². The molecule has 0 radical (unpaired) electrons. The number of fused-ring (bicyclic) bond motifs is 1. The summed E-state index contributed by atoms with van der Waals surface area (Å²) >= 11 is 0. The maximum Gasteiger partial charge on any atom is 0.229 e. The highest BCUT2D eigenvalue weighted by Gasteiger charge is 2.10. The lowest BCUT2D eigenvalue weighted by atomic mass is 10.0. The second-order valence-electron chi connectivity index (χ2n) is 7.73. The predicted molar refractivity (Wildman–Crippen MR) is 131 cm³/mol. The maximum atomic E-state index is 9.05. The molecule has 0 aliphatic rings. The second-order valence-corrected chi connectivity index (χ2v) is 7.73. The minimum Gasteiger partial charge on any atom is -0.369 e. The number of nitrogens with zero attached hydrogens (tertiary/aromatic N) is 3. The number of anilines is 3. The summed E-state index contributed by atoms with van der Waals surface area (Å²) in [6.07, 6.45) is 1.94. The topological polar surface area (TPSA) is 99.6 Å². The van der Waals surface area contributed by atoms with E-state index in [4.69, 9.17) is 21.0 Å². The lowest BCUT2D eigenvalue weighted by Crippen LogP contribution is -2.09. The van der Waals surface area contributed by atoms with Crippen LogP contribution in [0.5, 0.6) is 0 Å². The van der Waals surface area contributed by atoms with E-state index in [2.05, 4.69) is 47.9 Å². The molecule has 4 N–H and O–H groups in total. The number of hydrogen-bond acceptors (Lipinski definition) is 6. The van der Waals surface area contributed by atoms with Crippen LogP contribution in [-0.4, -0.2) is 23.1 Å². The molecule has 0 aliphatic carbocycles. The Hall–Kier alpha value is -3.95. The molecule has 0 unspecified atom stereocenters. The Morgan fingerprint density at radius 2 is 1.66 bits per heavy atom. The van der Waals surface area contributed by atoms with Gasteiger partial charge < -0.3 is 16.4 Å². The molecule has 4 aromatic rings. The van der Waals surface area contributed by atoms with Crippen LogP contribution in [0.1, 0.15) is 24.0 Å². The van der Waals surface area contributed by atoms with Gasteiger partial charge in [-0.05, 0) is 73.8 Å². The number of unbranched alkanes of at least 4 members (excludes halogenated alkanes) is 1. The summed E-state index contributed by atoms with van der Waals surface area (Å²) in [5, 5.41) is 16.8. The van der Waals surface area contributed by atoms with Gasteiger partial charge in [0, 0.05) is 17.6 Å². The minimum absolute atomic E-state index is 0.541. The van der Waals surface area contributed by atoms with E-state index < -0.39 is 0 Å². The second kappa shape index (κ2) is 9.90. The van der Waals surface area contributed by atoms with E-state index in [1.54, 1.807) is 0 Å². The van der Waals surface area contributed by atoms with Crippen LogP contribution in [0.15, 0.2) is 66.7 Å². The van der Waals surface area contributed by atoms with Crippen LogP contribution < -0.4 is 16.4 Å². The molecule has 4 rings (SSSR count). The summed E-state index contributed by atoms with van der Waals surface area (Å²) in [6, 6.07) is 24.0. The van der Waals surface area contributed by atoms with Gasteiger partial charge in [-0.3, -0.25) is 0 Å². The highest BCUT2D eigenvalue weighted by atomic mass is 15.1. The highest BCUT2D eigenvalue weighted by molar-refractivity contribution is 5.93. The fourth-order valence-corrected chi connectivity index (χ4v) is 3.48. The number of nitrogens with two attached hydrogens (primary N) is 1. The Morgan fingerprint density at radius 3 is 2.38 bits per heavy atom. The number of nitriles is 1. The monoisotopic (exact) mass is 422 g/mol. The van der Waals surface area contributed by atoms with E-state index in [1.165, 1.54) is 5.56 Å². The Bertz CT molecular complexity index is 1240. The van der Waals surface area contributed by atoms with Crippen LogP contribution in [0, 0.1) is 18.3 Å². The van der Waals surface area contributed by atoms with Crippen molar-refractivity contribution < 1.29 is 0 Å². The third-order valence-corrected chi connectivity index (χ3v) is 5.28. The van der Waals surface area contributed by atoms with Crippen molar-refractivity contribution in [1.82, 2.24) is 9.97 Å². The number of hydrogen-bond donors (Lipinski definition) is 3. The van der Waals surface area contributed by atoms with Crippen LogP contribution in [0.2, 0.25) is 0 Å². The smallest absolute Gasteiger partial charge is 0.229 e. The van der Waals surface area contributed by atoms with Gasteiger partial charge >= 0.3 is 0 Å². The zero-order valence-corrected chi connectivity index (χ0v) is 18.1. The van der Waals surface area contributed by atoms with Gasteiger partial charge in [0.05, 0.1) is 17.1 Å². The maximum absolute atomic E-state index is 9.05. The molecule has 1 heterocycles. The molecule has 0 atom stereocenters. The highest BCUT2D eigenvalue weighted by Crippen LogP contribution is 2.29. The molecule has 0 aliphatic heterocycles. The van der Waals surface area contributed by atoms with E-state index >= 15 is 0 Å². The van der Waals surface area contributed by atoms with Gasteiger partial charge in [0.15, 0.2) is 0 Å². The van der Waals surface area contributed by atoms with Crippen molar-refractivity contribution in [2.75, 3.05) is 23.7 Å². The van der Waals surface area contributed by atoms with Gasteiger partial charge in [0.1, 0.15) is 5.82 Å². The van der Waals surface area contributed by atoms with Crippen molar-refractivity contribution in [3.05, 3.63) is 77.9 Å². The molecule has 0 bridgehead atoms. The molecule has 6 nitrogen and oxygen atoms in total. The largest absolute Gasteiger partial charge is 0.369 e. The third-order valence-electron chi connectivity index (χ3n) is 5.28. The molecule has 1 aromatic heterocycles. The minimum atomic E-state index is 0.541. The summed E-state index contributed by atoms with van der Waals surface area (Å²) in [6.45, 7) is 3.54. The molecule has 0 amide bonds. The molecule has 3 aromatic carbocycles. The average Bonchev–Trinajstić information content (AvgIpc) is 2.83. The first-order valence-electron chi connectivity index (χ1n) is 10.8. The summed E-state index contributed by atoms with van der Waals surface area (Å²) < 4.78 is 0. The van der Waals surface area contributed by atoms with Gasteiger partial charge in [0.2, 0.25) is 5.95 Å². The fraction of sp³-hybridized carbons (Fsp3) is 0.192. The van der Waals surface area contributed by atoms with E-state index in [9.17, 15) is 0 Å². The molecule has 0 saturated heterocycles. The van der Waals surface area contributed by atoms with Crippen LogP contribution in [0.3, 0.4) is 0 Å². The summed E-state index contributed by atoms with van der Waals surface area (Å²) in [4.78, 5) is 9.52. The Balaban J connectivity index is 1.71. The van der Waals surface area contributed by atoms with Crippen molar-refractivity contribution >= 4 is 28.4 Å². The molecule has 0 fully saturated rings. The van der Waals surface area contributed by atoms with Crippen molar-refractivity contribution in [2.45, 2.75) is 19.8 Å². The van der Waals surface area contributed by atoms with Gasteiger partial charge in [-0.15, -0.1) is 0 Å². The average molecular weight is 423 g/mol. The van der Waals surface area contributed by atoms with Crippen LogP contribution >= 0.6 is 0 Å². The lowest BCUT2D eigenvalue weighted by molar-refractivity contribution is 0.773. The SMILES string of the molecule is Cc1ccc(Nc2nc(NCCCCN)c3ccc(-c4ccc(C#N)cc4)cc3n2)cc1.